The van der Waals surface area contributed by atoms with Crippen molar-refractivity contribution in [3.63, 3.8) is 0 Å². The van der Waals surface area contributed by atoms with Crippen LogP contribution in [0, 0.1) is 5.92 Å². The van der Waals surface area contributed by atoms with Crippen LogP contribution in [0.2, 0.25) is 0 Å². The van der Waals surface area contributed by atoms with Gasteiger partial charge in [0.1, 0.15) is 0 Å². The van der Waals surface area contributed by atoms with Crippen LogP contribution >= 0.6 is 0 Å². The van der Waals surface area contributed by atoms with Crippen LogP contribution in [0.1, 0.15) is 69.2 Å². The maximum Gasteiger partial charge on any atom is 0.305 e. The number of halogens is 2. The Bertz CT molecular complexity index is 941. The topological polar surface area (TPSA) is 51.5 Å². The number of carbonyl (C=O) groups is 2. The number of esters is 1. The number of hydrogen-bond donors (Lipinski definition) is 0. The second-order valence-corrected chi connectivity index (χ2v) is 9.06. The van der Waals surface area contributed by atoms with E-state index in [1.807, 2.05) is 37.4 Å². The van der Waals surface area contributed by atoms with E-state index in [1.165, 1.54) is 0 Å². The van der Waals surface area contributed by atoms with Gasteiger partial charge in [0.15, 0.2) is 5.78 Å². The molecule has 0 radical (unpaired) electrons. The standard InChI is InChI=1S/C26H36F2N2O3/c1-3-10-20(17-29-16-14-26(27,28)19-29)25(32)22-18-30(23-12-8-7-11-21(22)23)15-9-5-6-13-24(31)33-4-2/h7-8,11-12,18,20H,3-6,9-10,13-17,19H2,1-2H3. The minimum Gasteiger partial charge on any atom is -0.466 e. The lowest BCUT2D eigenvalue weighted by atomic mass is 9.92. The maximum atomic E-state index is 13.7. The average molecular weight is 463 g/mol. The number of Topliss-reactive ketones (excluding diaryl/α,β-unsaturated/α-hetero) is 1. The number of aryl methyl sites for hydroxylation is 1. The summed E-state index contributed by atoms with van der Waals surface area (Å²) in [6, 6.07) is 7.87. The van der Waals surface area contributed by atoms with E-state index in [1.54, 1.807) is 11.8 Å². The van der Waals surface area contributed by atoms with E-state index in [2.05, 4.69) is 4.57 Å². The van der Waals surface area contributed by atoms with Gasteiger partial charge in [-0.05, 0) is 32.3 Å². The van der Waals surface area contributed by atoms with Crippen molar-refractivity contribution in [1.82, 2.24) is 9.47 Å². The molecule has 0 aliphatic carbocycles. The van der Waals surface area contributed by atoms with E-state index in [4.69, 9.17) is 4.74 Å². The SMILES string of the molecule is CCCC(CN1CCC(F)(F)C1)C(=O)c1cn(CCCCCC(=O)OCC)c2ccccc12. The number of para-hydroxylation sites is 1. The Morgan fingerprint density at radius 1 is 1.15 bits per heavy atom. The van der Waals surface area contributed by atoms with Gasteiger partial charge in [0.2, 0.25) is 0 Å². The first-order valence-corrected chi connectivity index (χ1v) is 12.2. The van der Waals surface area contributed by atoms with Crippen molar-refractivity contribution in [2.24, 2.45) is 5.92 Å². The third kappa shape index (κ3) is 6.85. The number of carbonyl (C=O) groups excluding carboxylic acids is 2. The Balaban J connectivity index is 1.68. The second kappa shape index (κ2) is 11.7. The number of rotatable bonds is 13. The highest BCUT2D eigenvalue weighted by Gasteiger charge is 2.39. The Hall–Kier alpha value is -2.28. The van der Waals surface area contributed by atoms with Gasteiger partial charge in [-0.1, -0.05) is 38.0 Å². The number of aromatic nitrogens is 1. The Kier molecular flexibility index (Phi) is 9.01. The van der Waals surface area contributed by atoms with Gasteiger partial charge in [0.05, 0.1) is 13.2 Å². The third-order valence-corrected chi connectivity index (χ3v) is 6.37. The third-order valence-electron chi connectivity index (χ3n) is 6.37. The molecule has 1 unspecified atom stereocenters. The van der Waals surface area contributed by atoms with Crippen LogP contribution < -0.4 is 0 Å². The van der Waals surface area contributed by atoms with Crippen LogP contribution in [0.5, 0.6) is 0 Å². The minimum absolute atomic E-state index is 0.0457. The summed E-state index contributed by atoms with van der Waals surface area (Å²) in [5.74, 6) is -3.05. The highest BCUT2D eigenvalue weighted by atomic mass is 19.3. The largest absolute Gasteiger partial charge is 0.466 e. The molecule has 33 heavy (non-hydrogen) atoms. The lowest BCUT2D eigenvalue weighted by Gasteiger charge is -2.22. The van der Waals surface area contributed by atoms with Gasteiger partial charge < -0.3 is 9.30 Å². The zero-order valence-electron chi connectivity index (χ0n) is 19.8. The summed E-state index contributed by atoms with van der Waals surface area (Å²) in [6.45, 7) is 5.47. The molecule has 182 valence electrons. The van der Waals surface area contributed by atoms with Crippen LogP contribution in [-0.4, -0.2) is 53.4 Å². The molecule has 1 aromatic heterocycles. The van der Waals surface area contributed by atoms with Gasteiger partial charge in [-0.2, -0.15) is 0 Å². The molecule has 1 saturated heterocycles. The molecule has 1 aliphatic rings. The lowest BCUT2D eigenvalue weighted by molar-refractivity contribution is -0.143. The van der Waals surface area contributed by atoms with Gasteiger partial charge in [-0.15, -0.1) is 0 Å². The number of alkyl halides is 2. The molecule has 1 atom stereocenters. The van der Waals surface area contributed by atoms with Gasteiger partial charge in [-0.25, -0.2) is 8.78 Å². The van der Waals surface area contributed by atoms with Gasteiger partial charge in [-0.3, -0.25) is 14.5 Å². The molecule has 0 amide bonds. The fourth-order valence-corrected chi connectivity index (χ4v) is 4.74. The fourth-order valence-electron chi connectivity index (χ4n) is 4.74. The molecule has 2 heterocycles. The van der Waals surface area contributed by atoms with E-state index in [0.29, 0.717) is 38.1 Å². The van der Waals surface area contributed by atoms with Crippen LogP contribution in [0.15, 0.2) is 30.5 Å². The number of ketones is 1. The summed E-state index contributed by atoms with van der Waals surface area (Å²) >= 11 is 0. The number of likely N-dealkylation sites (tertiary alicyclic amines) is 1. The van der Waals surface area contributed by atoms with Crippen molar-refractivity contribution >= 4 is 22.7 Å². The van der Waals surface area contributed by atoms with Crippen LogP contribution in [0.25, 0.3) is 10.9 Å². The van der Waals surface area contributed by atoms with Crippen molar-refractivity contribution in [3.8, 4) is 0 Å². The van der Waals surface area contributed by atoms with Crippen LogP contribution in [0.4, 0.5) is 8.78 Å². The van der Waals surface area contributed by atoms with E-state index in [-0.39, 0.29) is 30.6 Å². The molecule has 0 saturated carbocycles. The number of hydrogen-bond acceptors (Lipinski definition) is 4. The minimum atomic E-state index is -2.65. The van der Waals surface area contributed by atoms with Crippen molar-refractivity contribution in [2.75, 3.05) is 26.2 Å². The molecule has 1 aliphatic heterocycles. The summed E-state index contributed by atoms with van der Waals surface area (Å²) in [5, 5.41) is 0.918. The molecule has 0 bridgehead atoms. The molecule has 1 fully saturated rings. The summed E-state index contributed by atoms with van der Waals surface area (Å²) in [7, 11) is 0. The molecular weight excluding hydrogens is 426 g/mol. The maximum absolute atomic E-state index is 13.7. The van der Waals surface area contributed by atoms with E-state index in [9.17, 15) is 18.4 Å². The van der Waals surface area contributed by atoms with Gasteiger partial charge in [0, 0.05) is 61.1 Å². The Morgan fingerprint density at radius 3 is 2.64 bits per heavy atom. The predicted octanol–water partition coefficient (Wildman–Crippen LogP) is 5.70. The summed E-state index contributed by atoms with van der Waals surface area (Å²) in [6.07, 6.45) is 6.33. The van der Waals surface area contributed by atoms with Crippen molar-refractivity contribution < 1.29 is 23.1 Å². The van der Waals surface area contributed by atoms with E-state index >= 15 is 0 Å². The molecular formula is C26H36F2N2O3. The van der Waals surface area contributed by atoms with Crippen molar-refractivity contribution in [2.45, 2.75) is 71.3 Å². The molecule has 2 aromatic rings. The summed E-state index contributed by atoms with van der Waals surface area (Å²) in [5.41, 5.74) is 1.69. The highest BCUT2D eigenvalue weighted by molar-refractivity contribution is 6.09. The molecule has 0 N–H and O–H groups in total. The first kappa shape index (κ1) is 25.3. The monoisotopic (exact) mass is 462 g/mol. The molecule has 3 rings (SSSR count). The summed E-state index contributed by atoms with van der Waals surface area (Å²) in [4.78, 5) is 26.8. The fraction of sp³-hybridized carbons (Fsp3) is 0.615. The number of nitrogens with zero attached hydrogens (tertiary/aromatic N) is 2. The van der Waals surface area contributed by atoms with Gasteiger partial charge in [0.25, 0.3) is 5.92 Å². The Morgan fingerprint density at radius 2 is 1.94 bits per heavy atom. The molecule has 1 aromatic carbocycles. The predicted molar refractivity (Wildman–Crippen MR) is 126 cm³/mol. The molecule has 0 spiro atoms. The Labute approximate surface area is 195 Å². The molecule has 7 heteroatoms. The van der Waals surface area contributed by atoms with E-state index in [0.717, 1.165) is 43.1 Å². The smallest absolute Gasteiger partial charge is 0.305 e. The second-order valence-electron chi connectivity index (χ2n) is 9.06. The highest BCUT2D eigenvalue weighted by Crippen LogP contribution is 2.30. The average Bonchev–Trinajstić information content (AvgIpc) is 3.32. The number of fused-ring (bicyclic) bond motifs is 1. The number of unbranched alkanes of at least 4 members (excludes halogenated alkanes) is 2. The quantitative estimate of drug-likeness (QED) is 0.218. The lowest BCUT2D eigenvalue weighted by Crippen LogP contribution is -2.33. The first-order valence-electron chi connectivity index (χ1n) is 12.2. The zero-order chi connectivity index (χ0) is 23.8. The van der Waals surface area contributed by atoms with Gasteiger partial charge >= 0.3 is 5.97 Å². The first-order chi connectivity index (χ1) is 15.8. The summed E-state index contributed by atoms with van der Waals surface area (Å²) < 4.78 is 34.4. The zero-order valence-corrected chi connectivity index (χ0v) is 19.8. The normalized spacial score (nSPS) is 16.8. The van der Waals surface area contributed by atoms with Crippen LogP contribution in [0.3, 0.4) is 0 Å². The van der Waals surface area contributed by atoms with Crippen molar-refractivity contribution in [1.29, 1.82) is 0 Å². The molecule has 5 nitrogen and oxygen atoms in total. The van der Waals surface area contributed by atoms with Crippen LogP contribution in [-0.2, 0) is 16.1 Å². The van der Waals surface area contributed by atoms with E-state index < -0.39 is 5.92 Å². The number of ether oxygens (including phenoxy) is 1. The number of benzene rings is 1. The van der Waals surface area contributed by atoms with Crippen molar-refractivity contribution in [3.05, 3.63) is 36.0 Å².